The maximum atomic E-state index is 12.5. The van der Waals surface area contributed by atoms with E-state index in [0.717, 1.165) is 12.2 Å². The van der Waals surface area contributed by atoms with Crippen LogP contribution in [0.3, 0.4) is 0 Å². The monoisotopic (exact) mass is 246 g/mol. The zero-order valence-corrected chi connectivity index (χ0v) is 11.9. The summed E-state index contributed by atoms with van der Waals surface area (Å²) in [6.45, 7) is 10.9. The molecule has 1 fully saturated rings. The number of amides is 1. The number of hydrogen-bond donors (Lipinski definition) is 1. The van der Waals surface area contributed by atoms with Crippen molar-refractivity contribution >= 4 is 11.6 Å². The van der Waals surface area contributed by atoms with Crippen LogP contribution in [-0.2, 0) is 4.79 Å². The summed E-state index contributed by atoms with van der Waals surface area (Å²) < 4.78 is 0. The maximum Gasteiger partial charge on any atom is 0.246 e. The molecular weight excluding hydrogens is 224 g/mol. The Morgan fingerprint density at radius 1 is 1.22 bits per heavy atom. The first-order valence-electron chi connectivity index (χ1n) is 6.47. The third-order valence-electron chi connectivity index (χ3n) is 3.36. The molecule has 1 aliphatic heterocycles. The van der Waals surface area contributed by atoms with Crippen molar-refractivity contribution in [2.24, 2.45) is 0 Å². The van der Waals surface area contributed by atoms with Gasteiger partial charge in [0.15, 0.2) is 0 Å². The predicted molar refractivity (Wildman–Crippen MR) is 74.9 cm³/mol. The molecular formula is C15H22N2O. The molecule has 1 heterocycles. The Kier molecular flexibility index (Phi) is 3.20. The van der Waals surface area contributed by atoms with Gasteiger partial charge in [-0.2, -0.15) is 0 Å². The van der Waals surface area contributed by atoms with Gasteiger partial charge in [0.2, 0.25) is 5.91 Å². The molecule has 18 heavy (non-hydrogen) atoms. The van der Waals surface area contributed by atoms with Crippen molar-refractivity contribution in [1.82, 2.24) is 5.32 Å². The average molecular weight is 246 g/mol. The number of carbonyl (C=O) groups excluding carboxylic acids is 1. The van der Waals surface area contributed by atoms with E-state index in [2.05, 4.69) is 44.3 Å². The second-order valence-electron chi connectivity index (χ2n) is 5.93. The number of nitrogens with zero attached hydrogens (tertiary/aromatic N) is 1. The van der Waals surface area contributed by atoms with Crippen molar-refractivity contribution in [3.63, 3.8) is 0 Å². The minimum Gasteiger partial charge on any atom is -0.309 e. The molecule has 0 spiro atoms. The summed E-state index contributed by atoms with van der Waals surface area (Å²) in [6, 6.07) is 6.60. The lowest BCUT2D eigenvalue weighted by Gasteiger charge is -2.41. The van der Waals surface area contributed by atoms with Crippen LogP contribution < -0.4 is 10.2 Å². The highest BCUT2D eigenvalue weighted by molar-refractivity contribution is 6.00. The van der Waals surface area contributed by atoms with Gasteiger partial charge in [-0.05, 0) is 57.9 Å². The number of hydrogen-bond acceptors (Lipinski definition) is 2. The molecule has 0 aliphatic carbocycles. The Morgan fingerprint density at radius 2 is 1.78 bits per heavy atom. The lowest BCUT2D eigenvalue weighted by atomic mass is 9.96. The van der Waals surface area contributed by atoms with Gasteiger partial charge in [-0.1, -0.05) is 6.07 Å². The molecule has 1 amide bonds. The van der Waals surface area contributed by atoms with Crippen molar-refractivity contribution in [2.75, 3.05) is 11.4 Å². The highest BCUT2D eigenvalue weighted by atomic mass is 16.2. The highest BCUT2D eigenvalue weighted by Crippen LogP contribution is 2.25. The Labute approximate surface area is 109 Å². The average Bonchev–Trinajstić information content (AvgIpc) is 2.21. The highest BCUT2D eigenvalue weighted by Gasteiger charge is 2.38. The van der Waals surface area contributed by atoms with E-state index in [0.29, 0.717) is 6.04 Å². The molecule has 3 nitrogen and oxygen atoms in total. The van der Waals surface area contributed by atoms with Crippen LogP contribution in [0.2, 0.25) is 0 Å². The van der Waals surface area contributed by atoms with Crippen molar-refractivity contribution < 1.29 is 4.79 Å². The summed E-state index contributed by atoms with van der Waals surface area (Å²) in [5.41, 5.74) is 2.91. The fourth-order valence-corrected chi connectivity index (χ4v) is 2.75. The van der Waals surface area contributed by atoms with Gasteiger partial charge in [0.05, 0.1) is 5.54 Å². The summed E-state index contributed by atoms with van der Waals surface area (Å²) in [5, 5.41) is 3.34. The molecule has 2 rings (SSSR count). The molecule has 1 N–H and O–H groups in total. The standard InChI is InChI=1S/C15H22N2O/c1-10-6-11(2)8-13(7-10)17-9-12(3)16-15(4,5)14(17)18/h6-8,12,16H,9H2,1-5H3. The van der Waals surface area contributed by atoms with E-state index in [4.69, 9.17) is 0 Å². The van der Waals surface area contributed by atoms with Gasteiger partial charge in [0, 0.05) is 18.3 Å². The smallest absolute Gasteiger partial charge is 0.246 e. The molecule has 3 heteroatoms. The van der Waals surface area contributed by atoms with Crippen molar-refractivity contribution in [3.05, 3.63) is 29.3 Å². The molecule has 1 saturated heterocycles. The molecule has 1 aliphatic rings. The number of carbonyl (C=O) groups is 1. The van der Waals surface area contributed by atoms with E-state index < -0.39 is 5.54 Å². The van der Waals surface area contributed by atoms with Crippen LogP contribution in [0.25, 0.3) is 0 Å². The number of piperazine rings is 1. The first-order valence-corrected chi connectivity index (χ1v) is 6.47. The zero-order valence-electron chi connectivity index (χ0n) is 11.9. The molecule has 0 saturated carbocycles. The van der Waals surface area contributed by atoms with E-state index >= 15 is 0 Å². The summed E-state index contributed by atoms with van der Waals surface area (Å²) in [4.78, 5) is 14.4. The fourth-order valence-electron chi connectivity index (χ4n) is 2.75. The Hall–Kier alpha value is -1.35. The lowest BCUT2D eigenvalue weighted by Crippen LogP contribution is -2.65. The second-order valence-corrected chi connectivity index (χ2v) is 5.93. The normalized spacial score (nSPS) is 23.3. The largest absolute Gasteiger partial charge is 0.309 e. The van der Waals surface area contributed by atoms with E-state index in [1.807, 2.05) is 18.7 Å². The topological polar surface area (TPSA) is 32.3 Å². The minimum absolute atomic E-state index is 0.144. The predicted octanol–water partition coefficient (Wildman–Crippen LogP) is 2.41. The van der Waals surface area contributed by atoms with E-state index in [-0.39, 0.29) is 5.91 Å². The first kappa shape index (κ1) is 13.1. The van der Waals surface area contributed by atoms with Gasteiger partial charge in [0.25, 0.3) is 0 Å². The van der Waals surface area contributed by atoms with Crippen molar-refractivity contribution in [2.45, 2.75) is 46.2 Å². The maximum absolute atomic E-state index is 12.5. The SMILES string of the molecule is Cc1cc(C)cc(N2CC(C)NC(C)(C)C2=O)c1. The minimum atomic E-state index is -0.491. The van der Waals surface area contributed by atoms with Gasteiger partial charge in [-0.25, -0.2) is 0 Å². The van der Waals surface area contributed by atoms with Crippen LogP contribution in [0, 0.1) is 13.8 Å². The number of rotatable bonds is 1. The third-order valence-corrected chi connectivity index (χ3v) is 3.36. The van der Waals surface area contributed by atoms with Gasteiger partial charge in [-0.3, -0.25) is 10.1 Å². The second kappa shape index (κ2) is 4.39. The van der Waals surface area contributed by atoms with E-state index in [1.165, 1.54) is 11.1 Å². The molecule has 1 aromatic rings. The molecule has 98 valence electrons. The number of nitrogens with one attached hydrogen (secondary N) is 1. The van der Waals surface area contributed by atoms with Crippen molar-refractivity contribution in [1.29, 1.82) is 0 Å². The molecule has 0 radical (unpaired) electrons. The molecule has 1 atom stereocenters. The van der Waals surface area contributed by atoms with Crippen LogP contribution in [0.4, 0.5) is 5.69 Å². The van der Waals surface area contributed by atoms with Crippen LogP contribution in [0.15, 0.2) is 18.2 Å². The number of benzene rings is 1. The quantitative estimate of drug-likeness (QED) is 0.825. The van der Waals surface area contributed by atoms with Crippen LogP contribution in [-0.4, -0.2) is 24.0 Å². The van der Waals surface area contributed by atoms with Gasteiger partial charge >= 0.3 is 0 Å². The summed E-state index contributed by atoms with van der Waals surface area (Å²) in [6.07, 6.45) is 0. The van der Waals surface area contributed by atoms with Gasteiger partial charge < -0.3 is 4.90 Å². The molecule has 1 aromatic carbocycles. The molecule has 1 unspecified atom stereocenters. The number of aryl methyl sites for hydroxylation is 2. The Morgan fingerprint density at radius 3 is 2.33 bits per heavy atom. The van der Waals surface area contributed by atoms with E-state index in [1.54, 1.807) is 0 Å². The van der Waals surface area contributed by atoms with Crippen LogP contribution >= 0.6 is 0 Å². The first-order chi connectivity index (χ1) is 8.29. The summed E-state index contributed by atoms with van der Waals surface area (Å²) in [7, 11) is 0. The lowest BCUT2D eigenvalue weighted by molar-refractivity contribution is -0.125. The number of anilines is 1. The van der Waals surface area contributed by atoms with Crippen molar-refractivity contribution in [3.8, 4) is 0 Å². The molecule has 0 aromatic heterocycles. The fraction of sp³-hybridized carbons (Fsp3) is 0.533. The Bertz CT molecular complexity index is 459. The van der Waals surface area contributed by atoms with Crippen LogP contribution in [0.5, 0.6) is 0 Å². The summed E-state index contributed by atoms with van der Waals surface area (Å²) in [5.74, 6) is 0.144. The third kappa shape index (κ3) is 2.41. The van der Waals surface area contributed by atoms with Gasteiger partial charge in [-0.15, -0.1) is 0 Å². The van der Waals surface area contributed by atoms with Crippen LogP contribution in [0.1, 0.15) is 31.9 Å². The van der Waals surface area contributed by atoms with E-state index in [9.17, 15) is 4.79 Å². The van der Waals surface area contributed by atoms with Gasteiger partial charge in [0.1, 0.15) is 0 Å². The summed E-state index contributed by atoms with van der Waals surface area (Å²) >= 11 is 0. The Balaban J connectivity index is 2.39. The molecule has 0 bridgehead atoms. The zero-order chi connectivity index (χ0) is 13.5.